The van der Waals surface area contributed by atoms with E-state index in [1.807, 2.05) is 30.3 Å². The van der Waals surface area contributed by atoms with E-state index in [9.17, 15) is 9.90 Å². The van der Waals surface area contributed by atoms with Crippen LogP contribution in [0.4, 0.5) is 0 Å². The highest BCUT2D eigenvalue weighted by Crippen LogP contribution is 2.37. The first-order valence-corrected chi connectivity index (χ1v) is 7.06. The second-order valence-electron chi connectivity index (χ2n) is 5.64. The molecule has 1 N–H and O–H groups in total. The Bertz CT molecular complexity index is 462. The third-order valence-corrected chi connectivity index (χ3v) is 4.04. The molecule has 0 radical (unpaired) electrons. The topological polar surface area (TPSA) is 58.9 Å². The van der Waals surface area contributed by atoms with Crippen molar-refractivity contribution in [3.63, 3.8) is 0 Å². The highest BCUT2D eigenvalue weighted by Gasteiger charge is 2.40. The SMILES string of the molecule is C[C@H]1CC[C@@](/C=N/OCc2ccccc2)(C(=O)O)CC1. The van der Waals surface area contributed by atoms with Crippen molar-refractivity contribution in [3.05, 3.63) is 35.9 Å². The molecule has 4 nitrogen and oxygen atoms in total. The molecule has 0 amide bonds. The minimum Gasteiger partial charge on any atom is -0.481 e. The highest BCUT2D eigenvalue weighted by atomic mass is 16.6. The predicted octanol–water partition coefficient (Wildman–Crippen LogP) is 3.47. The minimum atomic E-state index is -0.844. The molecule has 1 aromatic rings. The average molecular weight is 275 g/mol. The number of rotatable bonds is 5. The largest absolute Gasteiger partial charge is 0.481 e. The Morgan fingerprint density at radius 2 is 2.05 bits per heavy atom. The lowest BCUT2D eigenvalue weighted by atomic mass is 9.72. The fraction of sp³-hybridized carbons (Fsp3) is 0.500. The molecular formula is C16H21NO3. The third-order valence-electron chi connectivity index (χ3n) is 4.04. The van der Waals surface area contributed by atoms with Crippen molar-refractivity contribution < 1.29 is 14.7 Å². The second kappa shape index (κ2) is 6.55. The maximum absolute atomic E-state index is 11.5. The number of aliphatic carboxylic acids is 1. The summed E-state index contributed by atoms with van der Waals surface area (Å²) in [6.45, 7) is 2.53. The van der Waals surface area contributed by atoms with Crippen molar-refractivity contribution >= 4 is 12.2 Å². The van der Waals surface area contributed by atoms with Crippen molar-refractivity contribution in [1.29, 1.82) is 0 Å². The molecule has 0 atom stereocenters. The van der Waals surface area contributed by atoms with Gasteiger partial charge in [0.1, 0.15) is 12.0 Å². The lowest BCUT2D eigenvalue weighted by Gasteiger charge is -2.32. The van der Waals surface area contributed by atoms with E-state index in [2.05, 4.69) is 12.1 Å². The van der Waals surface area contributed by atoms with Crippen LogP contribution in [0.5, 0.6) is 0 Å². The molecule has 1 aromatic carbocycles. The van der Waals surface area contributed by atoms with Gasteiger partial charge in [0.05, 0.1) is 6.21 Å². The fourth-order valence-corrected chi connectivity index (χ4v) is 2.50. The van der Waals surface area contributed by atoms with Crippen LogP contribution < -0.4 is 0 Å². The fourth-order valence-electron chi connectivity index (χ4n) is 2.50. The Morgan fingerprint density at radius 1 is 1.40 bits per heavy atom. The van der Waals surface area contributed by atoms with Gasteiger partial charge >= 0.3 is 5.97 Å². The molecule has 0 aliphatic heterocycles. The first kappa shape index (κ1) is 14.6. The summed E-state index contributed by atoms with van der Waals surface area (Å²) >= 11 is 0. The summed E-state index contributed by atoms with van der Waals surface area (Å²) in [4.78, 5) is 16.7. The first-order chi connectivity index (χ1) is 9.62. The van der Waals surface area contributed by atoms with E-state index in [-0.39, 0.29) is 0 Å². The highest BCUT2D eigenvalue weighted by molar-refractivity contribution is 5.93. The molecule has 0 bridgehead atoms. The smallest absolute Gasteiger partial charge is 0.315 e. The van der Waals surface area contributed by atoms with Gasteiger partial charge in [0, 0.05) is 0 Å². The molecule has 0 saturated heterocycles. The van der Waals surface area contributed by atoms with Crippen molar-refractivity contribution in [2.75, 3.05) is 0 Å². The van der Waals surface area contributed by atoms with E-state index in [4.69, 9.17) is 4.84 Å². The zero-order valence-electron chi connectivity index (χ0n) is 11.8. The summed E-state index contributed by atoms with van der Waals surface area (Å²) in [5.41, 5.74) is 0.176. The number of hydrogen-bond donors (Lipinski definition) is 1. The van der Waals surface area contributed by atoms with Gasteiger partial charge in [-0.25, -0.2) is 0 Å². The van der Waals surface area contributed by atoms with Crippen molar-refractivity contribution in [3.8, 4) is 0 Å². The Kier molecular flexibility index (Phi) is 4.77. The summed E-state index contributed by atoms with van der Waals surface area (Å²) in [6, 6.07) is 9.71. The van der Waals surface area contributed by atoms with Crippen LogP contribution in [-0.2, 0) is 16.2 Å². The number of carboxylic acids is 1. The van der Waals surface area contributed by atoms with E-state index >= 15 is 0 Å². The number of oxime groups is 1. The molecule has 0 spiro atoms. The Balaban J connectivity index is 1.92. The predicted molar refractivity (Wildman–Crippen MR) is 77.4 cm³/mol. The first-order valence-electron chi connectivity index (χ1n) is 7.06. The number of hydrogen-bond acceptors (Lipinski definition) is 3. The van der Waals surface area contributed by atoms with Crippen molar-refractivity contribution in [2.45, 2.75) is 39.2 Å². The number of carbonyl (C=O) groups is 1. The van der Waals surface area contributed by atoms with Gasteiger partial charge in [-0.3, -0.25) is 4.79 Å². The van der Waals surface area contributed by atoms with Gasteiger partial charge in [0.15, 0.2) is 0 Å². The number of nitrogens with zero attached hydrogens (tertiary/aromatic N) is 1. The van der Waals surface area contributed by atoms with Crippen LogP contribution in [-0.4, -0.2) is 17.3 Å². The number of benzene rings is 1. The Hall–Kier alpha value is -1.84. The molecule has 20 heavy (non-hydrogen) atoms. The van der Waals surface area contributed by atoms with Gasteiger partial charge in [-0.05, 0) is 37.2 Å². The summed E-state index contributed by atoms with van der Waals surface area (Å²) in [5, 5.41) is 13.3. The molecule has 2 rings (SSSR count). The molecule has 0 aromatic heterocycles. The molecule has 1 fully saturated rings. The monoisotopic (exact) mass is 275 g/mol. The molecule has 1 aliphatic carbocycles. The summed E-state index contributed by atoms with van der Waals surface area (Å²) in [6.07, 6.45) is 4.63. The van der Waals surface area contributed by atoms with E-state index < -0.39 is 11.4 Å². The van der Waals surface area contributed by atoms with Gasteiger partial charge in [0.2, 0.25) is 0 Å². The molecule has 0 unspecified atom stereocenters. The standard InChI is InChI=1S/C16H21NO3/c1-13-7-9-16(10-8-13,15(18)19)12-17-20-11-14-5-3-2-4-6-14/h2-6,12-13H,7-11H2,1H3,(H,18,19)/b17-12+/t13-,16+. The van der Waals surface area contributed by atoms with Crippen LogP contribution in [0.25, 0.3) is 0 Å². The normalized spacial score (nSPS) is 26.6. The zero-order valence-corrected chi connectivity index (χ0v) is 11.8. The van der Waals surface area contributed by atoms with Crippen LogP contribution in [0.1, 0.15) is 38.2 Å². The summed E-state index contributed by atoms with van der Waals surface area (Å²) in [7, 11) is 0. The maximum Gasteiger partial charge on any atom is 0.315 e. The summed E-state index contributed by atoms with van der Waals surface area (Å²) < 4.78 is 0. The van der Waals surface area contributed by atoms with Crippen LogP contribution in [0, 0.1) is 11.3 Å². The van der Waals surface area contributed by atoms with Gasteiger partial charge < -0.3 is 9.94 Å². The quantitative estimate of drug-likeness (QED) is 0.661. The van der Waals surface area contributed by atoms with Crippen molar-refractivity contribution in [1.82, 2.24) is 0 Å². The number of carboxylic acid groups (broad SMARTS) is 1. The van der Waals surface area contributed by atoms with Gasteiger partial charge in [0.25, 0.3) is 0 Å². The molecule has 1 saturated carbocycles. The molecular weight excluding hydrogens is 254 g/mol. The van der Waals surface area contributed by atoms with Crippen LogP contribution in [0.15, 0.2) is 35.5 Å². The summed E-state index contributed by atoms with van der Waals surface area (Å²) in [5.74, 6) is -0.197. The Morgan fingerprint density at radius 3 is 2.65 bits per heavy atom. The van der Waals surface area contributed by atoms with E-state index in [0.717, 1.165) is 18.4 Å². The molecule has 1 aliphatic rings. The zero-order chi connectivity index (χ0) is 14.4. The maximum atomic E-state index is 11.5. The molecule has 4 heteroatoms. The molecule has 108 valence electrons. The Labute approximate surface area is 119 Å². The minimum absolute atomic E-state index is 0.365. The lowest BCUT2D eigenvalue weighted by Crippen LogP contribution is -2.36. The van der Waals surface area contributed by atoms with Crippen LogP contribution in [0.2, 0.25) is 0 Å². The van der Waals surface area contributed by atoms with E-state index in [1.54, 1.807) is 0 Å². The second-order valence-corrected chi connectivity index (χ2v) is 5.64. The van der Waals surface area contributed by atoms with E-state index in [0.29, 0.717) is 25.4 Å². The van der Waals surface area contributed by atoms with Crippen LogP contribution >= 0.6 is 0 Å². The van der Waals surface area contributed by atoms with E-state index in [1.165, 1.54) is 6.21 Å². The van der Waals surface area contributed by atoms with Gasteiger partial charge in [-0.15, -0.1) is 0 Å². The van der Waals surface area contributed by atoms with Gasteiger partial charge in [-0.1, -0.05) is 42.4 Å². The molecule has 0 heterocycles. The van der Waals surface area contributed by atoms with Crippen LogP contribution in [0.3, 0.4) is 0 Å². The van der Waals surface area contributed by atoms with Crippen molar-refractivity contribution in [2.24, 2.45) is 16.5 Å². The third kappa shape index (κ3) is 3.59. The lowest BCUT2D eigenvalue weighted by molar-refractivity contribution is -0.146. The van der Waals surface area contributed by atoms with Gasteiger partial charge in [-0.2, -0.15) is 0 Å². The average Bonchev–Trinajstić information content (AvgIpc) is 2.47.